The summed E-state index contributed by atoms with van der Waals surface area (Å²) >= 11 is 12.6. The average Bonchev–Trinajstić information content (AvgIpc) is 2.89. The molecular weight excluding hydrogens is 557 g/mol. The summed E-state index contributed by atoms with van der Waals surface area (Å²) in [5.41, 5.74) is 2.74. The molecule has 39 heavy (non-hydrogen) atoms. The fourth-order valence-electron chi connectivity index (χ4n) is 4.08. The maximum absolute atomic E-state index is 14.0. The van der Waals surface area contributed by atoms with Crippen molar-refractivity contribution in [1.82, 2.24) is 10.2 Å². The zero-order valence-electron chi connectivity index (χ0n) is 22.2. The Balaban J connectivity index is 2.06. The van der Waals surface area contributed by atoms with E-state index in [0.29, 0.717) is 27.8 Å². The largest absolute Gasteiger partial charge is 0.354 e. The summed E-state index contributed by atoms with van der Waals surface area (Å²) in [4.78, 5) is 28.9. The van der Waals surface area contributed by atoms with E-state index in [0.717, 1.165) is 28.1 Å². The molecule has 0 aliphatic heterocycles. The van der Waals surface area contributed by atoms with Gasteiger partial charge in [-0.15, -0.1) is 0 Å². The van der Waals surface area contributed by atoms with Crippen molar-refractivity contribution in [1.29, 1.82) is 0 Å². The van der Waals surface area contributed by atoms with Crippen molar-refractivity contribution < 1.29 is 18.0 Å². The van der Waals surface area contributed by atoms with Crippen LogP contribution in [-0.2, 0) is 32.6 Å². The molecule has 3 rings (SSSR count). The molecule has 0 aromatic heterocycles. The summed E-state index contributed by atoms with van der Waals surface area (Å²) in [5.74, 6) is -0.875. The van der Waals surface area contributed by atoms with Gasteiger partial charge in [0.2, 0.25) is 21.8 Å². The molecule has 0 bridgehead atoms. The highest BCUT2D eigenvalue weighted by molar-refractivity contribution is 7.92. The van der Waals surface area contributed by atoms with E-state index in [1.807, 2.05) is 44.2 Å². The Morgan fingerprint density at radius 3 is 2.23 bits per heavy atom. The Bertz CT molecular complexity index is 1380. The molecule has 0 spiro atoms. The zero-order valence-corrected chi connectivity index (χ0v) is 24.6. The van der Waals surface area contributed by atoms with Gasteiger partial charge in [-0.05, 0) is 48.7 Å². The van der Waals surface area contributed by atoms with Gasteiger partial charge in [-0.3, -0.25) is 13.9 Å². The number of rotatable bonds is 12. The van der Waals surface area contributed by atoms with Crippen molar-refractivity contribution in [2.75, 3.05) is 23.7 Å². The number of hydrogen-bond donors (Lipinski definition) is 1. The van der Waals surface area contributed by atoms with Crippen molar-refractivity contribution >= 4 is 50.7 Å². The number of aryl methyl sites for hydroxylation is 1. The highest BCUT2D eigenvalue weighted by Crippen LogP contribution is 2.25. The van der Waals surface area contributed by atoms with Gasteiger partial charge >= 0.3 is 0 Å². The number of benzene rings is 3. The van der Waals surface area contributed by atoms with Crippen molar-refractivity contribution in [2.24, 2.45) is 0 Å². The van der Waals surface area contributed by atoms with Gasteiger partial charge in [-0.25, -0.2) is 8.42 Å². The molecule has 3 aromatic carbocycles. The number of amides is 2. The molecule has 0 saturated heterocycles. The number of hydrogen-bond acceptors (Lipinski definition) is 4. The lowest BCUT2D eigenvalue weighted by molar-refractivity contribution is -0.140. The van der Waals surface area contributed by atoms with Gasteiger partial charge in [0.1, 0.15) is 12.6 Å². The monoisotopic (exact) mass is 589 g/mol. The maximum atomic E-state index is 14.0. The third-order valence-corrected chi connectivity index (χ3v) is 7.90. The van der Waals surface area contributed by atoms with Crippen molar-refractivity contribution in [3.8, 4) is 0 Å². The van der Waals surface area contributed by atoms with Crippen LogP contribution in [-0.4, -0.2) is 50.5 Å². The molecule has 0 unspecified atom stereocenters. The third-order valence-electron chi connectivity index (χ3n) is 6.18. The van der Waals surface area contributed by atoms with E-state index >= 15 is 0 Å². The Kier molecular flexibility index (Phi) is 10.8. The van der Waals surface area contributed by atoms with Crippen LogP contribution in [0.1, 0.15) is 30.0 Å². The van der Waals surface area contributed by atoms with E-state index in [4.69, 9.17) is 23.2 Å². The first-order valence-corrected chi connectivity index (χ1v) is 15.2. The summed E-state index contributed by atoms with van der Waals surface area (Å²) in [5, 5.41) is 3.68. The first-order chi connectivity index (χ1) is 18.5. The lowest BCUT2D eigenvalue weighted by atomic mass is 10.0. The van der Waals surface area contributed by atoms with Crippen LogP contribution in [0.25, 0.3) is 0 Å². The molecule has 0 radical (unpaired) electrons. The van der Waals surface area contributed by atoms with Crippen LogP contribution < -0.4 is 9.62 Å². The Labute approximate surface area is 240 Å². The number of halogens is 2. The van der Waals surface area contributed by atoms with Crippen LogP contribution in [0.15, 0.2) is 72.8 Å². The number of carbonyl (C=O) groups excluding carboxylic acids is 2. The number of carbonyl (C=O) groups is 2. The molecule has 1 atom stereocenters. The highest BCUT2D eigenvalue weighted by atomic mass is 35.5. The molecule has 208 valence electrons. The summed E-state index contributed by atoms with van der Waals surface area (Å²) in [6.45, 7) is 3.76. The average molecular weight is 591 g/mol. The minimum atomic E-state index is -3.82. The van der Waals surface area contributed by atoms with E-state index in [2.05, 4.69) is 5.32 Å². The van der Waals surface area contributed by atoms with E-state index in [1.54, 1.807) is 42.5 Å². The molecule has 0 saturated carbocycles. The second-order valence-corrected chi connectivity index (χ2v) is 12.1. The van der Waals surface area contributed by atoms with E-state index in [-0.39, 0.29) is 18.9 Å². The normalized spacial score (nSPS) is 12.0. The fraction of sp³-hybridized carbons (Fsp3) is 0.310. The van der Waals surface area contributed by atoms with Gasteiger partial charge in [-0.2, -0.15) is 0 Å². The standard InChI is InChI=1S/C29H33Cl2N3O4S/c1-4-16-32-29(36)27(17-22-8-6-5-7-9-22)33(19-23-12-13-24(30)18-26(23)31)28(35)20-34(39(3,37)38)25-14-10-21(2)11-15-25/h5-15,18,27H,4,16-17,19-20H2,1-3H3,(H,32,36)/t27-/m0/s1. The topological polar surface area (TPSA) is 86.8 Å². The lowest BCUT2D eigenvalue weighted by Gasteiger charge is -2.33. The van der Waals surface area contributed by atoms with Crippen LogP contribution in [0.5, 0.6) is 0 Å². The Morgan fingerprint density at radius 1 is 0.974 bits per heavy atom. The van der Waals surface area contributed by atoms with Gasteiger partial charge in [0, 0.05) is 29.6 Å². The number of sulfonamides is 1. The van der Waals surface area contributed by atoms with Crippen LogP contribution in [0.4, 0.5) is 5.69 Å². The Hall–Kier alpha value is -3.07. The first-order valence-electron chi connectivity index (χ1n) is 12.6. The van der Waals surface area contributed by atoms with Crippen molar-refractivity contribution in [3.05, 3.63) is 99.5 Å². The zero-order chi connectivity index (χ0) is 28.6. The van der Waals surface area contributed by atoms with Crippen LogP contribution >= 0.6 is 23.2 Å². The quantitative estimate of drug-likeness (QED) is 0.313. The SMILES string of the molecule is CCCNC(=O)[C@H](Cc1ccccc1)N(Cc1ccc(Cl)cc1Cl)C(=O)CN(c1ccc(C)cc1)S(C)(=O)=O. The smallest absolute Gasteiger partial charge is 0.244 e. The van der Waals surface area contributed by atoms with Gasteiger partial charge in [0.25, 0.3) is 0 Å². The minimum absolute atomic E-state index is 0.0165. The molecule has 1 N–H and O–H groups in total. The van der Waals surface area contributed by atoms with Crippen molar-refractivity contribution in [3.63, 3.8) is 0 Å². The third kappa shape index (κ3) is 8.71. The molecule has 10 heteroatoms. The minimum Gasteiger partial charge on any atom is -0.354 e. The van der Waals surface area contributed by atoms with E-state index < -0.39 is 28.5 Å². The van der Waals surface area contributed by atoms with E-state index in [9.17, 15) is 18.0 Å². The number of nitrogens with zero attached hydrogens (tertiary/aromatic N) is 2. The first kappa shape index (κ1) is 30.5. The summed E-state index contributed by atoms with van der Waals surface area (Å²) in [7, 11) is -3.82. The van der Waals surface area contributed by atoms with E-state index in [1.165, 1.54) is 4.90 Å². The molecule has 0 fully saturated rings. The maximum Gasteiger partial charge on any atom is 0.244 e. The Morgan fingerprint density at radius 2 is 1.64 bits per heavy atom. The van der Waals surface area contributed by atoms with Crippen LogP contribution in [0.3, 0.4) is 0 Å². The second kappa shape index (κ2) is 13.8. The fourth-order valence-corrected chi connectivity index (χ4v) is 5.40. The van der Waals surface area contributed by atoms with Gasteiger partial charge in [0.05, 0.1) is 11.9 Å². The van der Waals surface area contributed by atoms with Gasteiger partial charge in [0.15, 0.2) is 0 Å². The van der Waals surface area contributed by atoms with Crippen LogP contribution in [0, 0.1) is 6.92 Å². The van der Waals surface area contributed by atoms with Gasteiger partial charge in [-0.1, -0.05) is 84.2 Å². The van der Waals surface area contributed by atoms with Crippen LogP contribution in [0.2, 0.25) is 10.0 Å². The molecule has 3 aromatic rings. The molecule has 0 heterocycles. The van der Waals surface area contributed by atoms with Gasteiger partial charge < -0.3 is 10.2 Å². The second-order valence-electron chi connectivity index (χ2n) is 9.36. The highest BCUT2D eigenvalue weighted by Gasteiger charge is 2.33. The summed E-state index contributed by atoms with van der Waals surface area (Å²) < 4.78 is 26.7. The predicted molar refractivity (Wildman–Crippen MR) is 158 cm³/mol. The number of anilines is 1. The molecule has 2 amide bonds. The van der Waals surface area contributed by atoms with Crippen molar-refractivity contribution in [2.45, 2.75) is 39.3 Å². The predicted octanol–water partition coefficient (Wildman–Crippen LogP) is 5.23. The number of nitrogens with one attached hydrogen (secondary N) is 1. The molecule has 0 aliphatic rings. The summed E-state index contributed by atoms with van der Waals surface area (Å²) in [6, 6.07) is 20.2. The summed E-state index contributed by atoms with van der Waals surface area (Å²) in [6.07, 6.45) is 2.00. The lowest BCUT2D eigenvalue weighted by Crippen LogP contribution is -2.53. The molecule has 0 aliphatic carbocycles. The molecular formula is C29H33Cl2N3O4S. The molecule has 7 nitrogen and oxygen atoms in total.